The van der Waals surface area contributed by atoms with Crippen molar-refractivity contribution < 1.29 is 22.8 Å². The number of aryl methyl sites for hydroxylation is 1. The summed E-state index contributed by atoms with van der Waals surface area (Å²) < 4.78 is 41.1. The number of halogens is 3. The quantitative estimate of drug-likeness (QED) is 0.680. The molecular formula is C21H23F3N2O2S. The Hall–Kier alpha value is -2.48. The number of anilines is 1. The molecule has 4 nitrogen and oxygen atoms in total. The van der Waals surface area contributed by atoms with Gasteiger partial charge in [-0.1, -0.05) is 48.0 Å². The lowest BCUT2D eigenvalue weighted by Crippen LogP contribution is -2.55. The zero-order valence-corrected chi connectivity index (χ0v) is 17.2. The predicted octanol–water partition coefficient (Wildman–Crippen LogP) is 4.65. The van der Waals surface area contributed by atoms with Gasteiger partial charge < -0.3 is 10.6 Å². The number of nitrogens with one attached hydrogen (secondary N) is 2. The molecule has 0 saturated heterocycles. The van der Waals surface area contributed by atoms with Gasteiger partial charge in [0.05, 0.1) is 11.0 Å². The minimum absolute atomic E-state index is 0.0590. The summed E-state index contributed by atoms with van der Waals surface area (Å²) in [6, 6.07) is 14.4. The Balaban J connectivity index is 1.97. The molecule has 0 spiro atoms. The highest BCUT2D eigenvalue weighted by molar-refractivity contribution is 8.01. The molecule has 0 aliphatic carbocycles. The Morgan fingerprint density at radius 2 is 1.62 bits per heavy atom. The summed E-state index contributed by atoms with van der Waals surface area (Å²) in [7, 11) is 0. The van der Waals surface area contributed by atoms with Crippen molar-refractivity contribution in [3.05, 3.63) is 65.7 Å². The normalized spacial score (nSPS) is 14.6. The van der Waals surface area contributed by atoms with Gasteiger partial charge in [-0.2, -0.15) is 13.2 Å². The van der Waals surface area contributed by atoms with Crippen molar-refractivity contribution in [1.82, 2.24) is 5.32 Å². The topological polar surface area (TPSA) is 58.2 Å². The molecular weight excluding hydrogens is 401 g/mol. The number of alkyl halides is 3. The van der Waals surface area contributed by atoms with Crippen LogP contribution in [-0.4, -0.2) is 29.0 Å². The fourth-order valence-corrected chi connectivity index (χ4v) is 3.22. The molecule has 0 aromatic heterocycles. The average molecular weight is 424 g/mol. The molecule has 2 aromatic rings. The summed E-state index contributed by atoms with van der Waals surface area (Å²) in [5, 5.41) is 3.96. The van der Waals surface area contributed by atoms with E-state index in [-0.39, 0.29) is 17.2 Å². The van der Waals surface area contributed by atoms with Gasteiger partial charge in [-0.05, 0) is 38.5 Å². The van der Waals surface area contributed by atoms with Gasteiger partial charge in [-0.3, -0.25) is 9.59 Å². The maximum absolute atomic E-state index is 13.7. The Labute approximate surface area is 172 Å². The van der Waals surface area contributed by atoms with Gasteiger partial charge in [0.1, 0.15) is 0 Å². The molecule has 0 aliphatic rings. The maximum Gasteiger partial charge on any atom is 0.415 e. The standard InChI is InChI=1S/C21H23F3N2O2S/c1-14-9-11-17(12-10-14)25-18(27)13-29-15(2)19(28)26-20(3,21(22,23)24)16-7-5-4-6-8-16/h4-12,15H,13H2,1-3H3,(H,25,27)(H,26,28)/t15-,20-/m1/s1. The van der Waals surface area contributed by atoms with Crippen LogP contribution < -0.4 is 10.6 Å². The molecule has 0 bridgehead atoms. The van der Waals surface area contributed by atoms with Gasteiger partial charge >= 0.3 is 6.18 Å². The molecule has 2 N–H and O–H groups in total. The summed E-state index contributed by atoms with van der Waals surface area (Å²) >= 11 is 0.970. The third kappa shape index (κ3) is 6.00. The van der Waals surface area contributed by atoms with Gasteiger partial charge in [0, 0.05) is 5.69 Å². The van der Waals surface area contributed by atoms with Crippen molar-refractivity contribution in [2.24, 2.45) is 0 Å². The third-order valence-corrected chi connectivity index (χ3v) is 5.60. The smallest absolute Gasteiger partial charge is 0.338 e. The highest BCUT2D eigenvalue weighted by Crippen LogP contribution is 2.38. The summed E-state index contributed by atoms with van der Waals surface area (Å²) in [6.07, 6.45) is -4.68. The fraction of sp³-hybridized carbons (Fsp3) is 0.333. The van der Waals surface area contributed by atoms with E-state index in [0.29, 0.717) is 5.69 Å². The molecule has 2 amide bonds. The van der Waals surface area contributed by atoms with Crippen LogP contribution in [-0.2, 0) is 15.1 Å². The number of carbonyl (C=O) groups is 2. The fourth-order valence-electron chi connectivity index (χ4n) is 2.54. The second kappa shape index (κ2) is 9.35. The SMILES string of the molecule is Cc1ccc(NC(=O)CS[C@H](C)C(=O)N[C@](C)(c2ccccc2)C(F)(F)F)cc1. The molecule has 0 radical (unpaired) electrons. The molecule has 0 saturated carbocycles. The molecule has 2 rings (SSSR count). The molecule has 2 aromatic carbocycles. The molecule has 0 unspecified atom stereocenters. The van der Waals surface area contributed by atoms with E-state index in [1.807, 2.05) is 19.1 Å². The van der Waals surface area contributed by atoms with Gasteiger partial charge in [0.25, 0.3) is 0 Å². The van der Waals surface area contributed by atoms with Gasteiger partial charge in [-0.15, -0.1) is 11.8 Å². The largest absolute Gasteiger partial charge is 0.415 e. The minimum atomic E-state index is -4.68. The lowest BCUT2D eigenvalue weighted by atomic mass is 9.91. The molecule has 29 heavy (non-hydrogen) atoms. The van der Waals surface area contributed by atoms with Crippen LogP contribution in [0, 0.1) is 6.92 Å². The average Bonchev–Trinajstić information content (AvgIpc) is 2.67. The first-order valence-corrected chi connectivity index (χ1v) is 10.00. The number of hydrogen-bond donors (Lipinski definition) is 2. The molecule has 0 heterocycles. The summed E-state index contributed by atoms with van der Waals surface area (Å²) in [5.74, 6) is -1.18. The van der Waals surface area contributed by atoms with Gasteiger partial charge in [0.2, 0.25) is 11.8 Å². The van der Waals surface area contributed by atoms with Crippen LogP contribution in [0.3, 0.4) is 0 Å². The van der Waals surface area contributed by atoms with Gasteiger partial charge in [-0.25, -0.2) is 0 Å². The van der Waals surface area contributed by atoms with Crippen molar-refractivity contribution in [1.29, 1.82) is 0 Å². The van der Waals surface area contributed by atoms with Crippen LogP contribution in [0.1, 0.15) is 25.0 Å². The van der Waals surface area contributed by atoms with E-state index in [2.05, 4.69) is 10.6 Å². The highest BCUT2D eigenvalue weighted by atomic mass is 32.2. The van der Waals surface area contributed by atoms with Crippen molar-refractivity contribution in [2.75, 3.05) is 11.1 Å². The number of benzene rings is 2. The Bertz CT molecular complexity index is 841. The maximum atomic E-state index is 13.7. The van der Waals surface area contributed by atoms with Crippen LogP contribution in [0.4, 0.5) is 18.9 Å². The van der Waals surface area contributed by atoms with E-state index in [1.165, 1.54) is 31.2 Å². The van der Waals surface area contributed by atoms with Crippen molar-refractivity contribution in [3.63, 3.8) is 0 Å². The van der Waals surface area contributed by atoms with Crippen molar-refractivity contribution in [2.45, 2.75) is 37.7 Å². The second-order valence-corrected chi connectivity index (χ2v) is 8.17. The van der Waals surface area contributed by atoms with E-state index in [1.54, 1.807) is 18.2 Å². The molecule has 2 atom stereocenters. The highest BCUT2D eigenvalue weighted by Gasteiger charge is 2.53. The van der Waals surface area contributed by atoms with Crippen LogP contribution >= 0.6 is 11.8 Å². The number of amides is 2. The van der Waals surface area contributed by atoms with Crippen LogP contribution in [0.5, 0.6) is 0 Å². The van der Waals surface area contributed by atoms with E-state index in [9.17, 15) is 22.8 Å². The monoisotopic (exact) mass is 424 g/mol. The lowest BCUT2D eigenvalue weighted by Gasteiger charge is -2.34. The summed E-state index contributed by atoms with van der Waals surface area (Å²) in [4.78, 5) is 24.5. The van der Waals surface area contributed by atoms with Crippen molar-refractivity contribution in [3.8, 4) is 0 Å². The first kappa shape index (κ1) is 22.8. The van der Waals surface area contributed by atoms with E-state index in [4.69, 9.17) is 0 Å². The van der Waals surface area contributed by atoms with Crippen LogP contribution in [0.2, 0.25) is 0 Å². The zero-order valence-electron chi connectivity index (χ0n) is 16.3. The third-order valence-electron chi connectivity index (χ3n) is 4.46. The van der Waals surface area contributed by atoms with E-state index < -0.39 is 22.9 Å². The van der Waals surface area contributed by atoms with Crippen molar-refractivity contribution >= 4 is 29.3 Å². The number of rotatable bonds is 7. The number of hydrogen-bond acceptors (Lipinski definition) is 3. The molecule has 0 fully saturated rings. The first-order chi connectivity index (χ1) is 13.5. The lowest BCUT2D eigenvalue weighted by molar-refractivity contribution is -0.197. The van der Waals surface area contributed by atoms with Crippen LogP contribution in [0.25, 0.3) is 0 Å². The molecule has 8 heteroatoms. The first-order valence-electron chi connectivity index (χ1n) is 8.95. The Kier molecular flexibility index (Phi) is 7.35. The van der Waals surface area contributed by atoms with Gasteiger partial charge in [0.15, 0.2) is 5.54 Å². The molecule has 156 valence electrons. The second-order valence-electron chi connectivity index (χ2n) is 6.85. The van der Waals surface area contributed by atoms with E-state index in [0.717, 1.165) is 24.2 Å². The summed E-state index contributed by atoms with van der Waals surface area (Å²) in [6.45, 7) is 4.33. The van der Waals surface area contributed by atoms with Crippen LogP contribution in [0.15, 0.2) is 54.6 Å². The minimum Gasteiger partial charge on any atom is -0.338 e. The number of carbonyl (C=O) groups excluding carboxylic acids is 2. The van der Waals surface area contributed by atoms with E-state index >= 15 is 0 Å². The summed E-state index contributed by atoms with van der Waals surface area (Å²) in [5.41, 5.74) is -0.916. The zero-order chi connectivity index (χ0) is 21.7. The molecule has 0 aliphatic heterocycles. The Morgan fingerprint density at radius 3 is 2.17 bits per heavy atom. The Morgan fingerprint density at radius 1 is 1.03 bits per heavy atom. The predicted molar refractivity (Wildman–Crippen MR) is 110 cm³/mol. The number of thioether (sulfide) groups is 1.